The maximum atomic E-state index is 13.7. The summed E-state index contributed by atoms with van der Waals surface area (Å²) in [4.78, 5) is 12.1. The van der Waals surface area contributed by atoms with Gasteiger partial charge < -0.3 is 0 Å². The van der Waals surface area contributed by atoms with Crippen molar-refractivity contribution < 1.29 is 9.18 Å². The van der Waals surface area contributed by atoms with E-state index < -0.39 is 5.82 Å². The van der Waals surface area contributed by atoms with Gasteiger partial charge in [0.2, 0.25) is 0 Å². The second-order valence-electron chi connectivity index (χ2n) is 3.92. The van der Waals surface area contributed by atoms with Crippen LogP contribution in [-0.2, 0) is 6.42 Å². The molecule has 0 aliphatic carbocycles. The lowest BCUT2D eigenvalue weighted by atomic mass is 10.0. The van der Waals surface area contributed by atoms with Crippen molar-refractivity contribution >= 4 is 44.9 Å². The SMILES string of the molecule is O=C(Cc1c(Cl)cccc1Cl)c1ccc(Br)cc1F. The monoisotopic (exact) mass is 360 g/mol. The van der Waals surface area contributed by atoms with Gasteiger partial charge in [0, 0.05) is 20.9 Å². The molecule has 0 saturated heterocycles. The minimum atomic E-state index is -0.567. The Morgan fingerprint density at radius 1 is 1.16 bits per heavy atom. The largest absolute Gasteiger partial charge is 0.294 e. The van der Waals surface area contributed by atoms with Gasteiger partial charge in [-0.15, -0.1) is 0 Å². The summed E-state index contributed by atoms with van der Waals surface area (Å²) in [5, 5.41) is 0.803. The van der Waals surface area contributed by atoms with E-state index in [0.717, 1.165) is 0 Å². The molecule has 0 saturated carbocycles. The zero-order chi connectivity index (χ0) is 14.0. The van der Waals surface area contributed by atoms with Crippen LogP contribution < -0.4 is 0 Å². The Kier molecular flexibility index (Phi) is 4.61. The number of benzene rings is 2. The summed E-state index contributed by atoms with van der Waals surface area (Å²) in [5.74, 6) is -0.928. The summed E-state index contributed by atoms with van der Waals surface area (Å²) in [6.07, 6.45) is -0.0307. The molecular formula is C14H8BrCl2FO. The minimum Gasteiger partial charge on any atom is -0.294 e. The molecule has 0 bridgehead atoms. The van der Waals surface area contributed by atoms with Gasteiger partial charge in [0.25, 0.3) is 0 Å². The highest BCUT2D eigenvalue weighted by molar-refractivity contribution is 9.10. The number of ketones is 1. The predicted molar refractivity (Wildman–Crippen MR) is 78.6 cm³/mol. The molecule has 0 heterocycles. The van der Waals surface area contributed by atoms with E-state index in [1.54, 1.807) is 24.3 Å². The molecule has 5 heteroatoms. The van der Waals surface area contributed by atoms with Crippen LogP contribution in [0.15, 0.2) is 40.9 Å². The lowest BCUT2D eigenvalue weighted by molar-refractivity contribution is 0.0989. The zero-order valence-electron chi connectivity index (χ0n) is 9.59. The first kappa shape index (κ1) is 14.5. The van der Waals surface area contributed by atoms with E-state index in [-0.39, 0.29) is 17.8 Å². The van der Waals surface area contributed by atoms with Crippen molar-refractivity contribution in [2.45, 2.75) is 6.42 Å². The van der Waals surface area contributed by atoms with E-state index in [9.17, 15) is 9.18 Å². The fraction of sp³-hybridized carbons (Fsp3) is 0.0714. The Hall–Kier alpha value is -0.900. The van der Waals surface area contributed by atoms with Crippen molar-refractivity contribution in [1.29, 1.82) is 0 Å². The van der Waals surface area contributed by atoms with Crippen LogP contribution in [0, 0.1) is 5.82 Å². The Morgan fingerprint density at radius 2 is 1.79 bits per heavy atom. The molecule has 0 amide bonds. The minimum absolute atomic E-state index is 0.0270. The van der Waals surface area contributed by atoms with Gasteiger partial charge in [0.15, 0.2) is 5.78 Å². The second-order valence-corrected chi connectivity index (χ2v) is 5.65. The van der Waals surface area contributed by atoms with Crippen molar-refractivity contribution in [2.75, 3.05) is 0 Å². The number of carbonyl (C=O) groups excluding carboxylic acids is 1. The summed E-state index contributed by atoms with van der Waals surface area (Å²) in [7, 11) is 0. The van der Waals surface area contributed by atoms with Crippen molar-refractivity contribution in [3.05, 3.63) is 67.9 Å². The fourth-order valence-electron chi connectivity index (χ4n) is 1.67. The topological polar surface area (TPSA) is 17.1 Å². The van der Waals surface area contributed by atoms with Crippen LogP contribution in [0.4, 0.5) is 4.39 Å². The quantitative estimate of drug-likeness (QED) is 0.676. The van der Waals surface area contributed by atoms with Crippen LogP contribution in [-0.4, -0.2) is 5.78 Å². The summed E-state index contributed by atoms with van der Waals surface area (Å²) in [6.45, 7) is 0. The molecule has 0 N–H and O–H groups in total. The van der Waals surface area contributed by atoms with Gasteiger partial charge in [0.1, 0.15) is 5.82 Å². The zero-order valence-corrected chi connectivity index (χ0v) is 12.7. The molecule has 0 unspecified atom stereocenters. The summed E-state index contributed by atoms with van der Waals surface area (Å²) in [5.41, 5.74) is 0.539. The molecule has 0 fully saturated rings. The van der Waals surface area contributed by atoms with E-state index in [1.165, 1.54) is 12.1 Å². The molecule has 98 valence electrons. The van der Waals surface area contributed by atoms with E-state index in [1.807, 2.05) is 0 Å². The van der Waals surface area contributed by atoms with Crippen molar-refractivity contribution in [3.8, 4) is 0 Å². The third-order valence-electron chi connectivity index (χ3n) is 2.63. The summed E-state index contributed by atoms with van der Waals surface area (Å²) >= 11 is 15.1. The molecule has 2 rings (SSSR count). The summed E-state index contributed by atoms with van der Waals surface area (Å²) in [6, 6.07) is 9.29. The van der Waals surface area contributed by atoms with E-state index in [0.29, 0.717) is 20.1 Å². The van der Waals surface area contributed by atoms with Gasteiger partial charge in [0.05, 0.1) is 5.56 Å². The Labute approximate surface area is 128 Å². The Morgan fingerprint density at radius 3 is 2.37 bits per heavy atom. The van der Waals surface area contributed by atoms with Crippen LogP contribution in [0.3, 0.4) is 0 Å². The average Bonchev–Trinajstić information content (AvgIpc) is 2.33. The van der Waals surface area contributed by atoms with E-state index in [4.69, 9.17) is 23.2 Å². The predicted octanol–water partition coefficient (Wildman–Crippen LogP) is 5.32. The third kappa shape index (κ3) is 3.35. The van der Waals surface area contributed by atoms with Crippen molar-refractivity contribution in [3.63, 3.8) is 0 Å². The number of rotatable bonds is 3. The fourth-order valence-corrected chi connectivity index (χ4v) is 2.54. The number of hydrogen-bond donors (Lipinski definition) is 0. The van der Waals surface area contributed by atoms with Crippen molar-refractivity contribution in [1.82, 2.24) is 0 Å². The maximum Gasteiger partial charge on any atom is 0.170 e. The van der Waals surface area contributed by atoms with Gasteiger partial charge in [-0.05, 0) is 35.9 Å². The molecular weight excluding hydrogens is 354 g/mol. The summed E-state index contributed by atoms with van der Waals surface area (Å²) < 4.78 is 14.3. The molecule has 0 aliphatic rings. The third-order valence-corrected chi connectivity index (χ3v) is 3.83. The molecule has 0 aliphatic heterocycles. The van der Waals surface area contributed by atoms with E-state index in [2.05, 4.69) is 15.9 Å². The number of hydrogen-bond acceptors (Lipinski definition) is 1. The van der Waals surface area contributed by atoms with Gasteiger partial charge in [-0.1, -0.05) is 45.2 Å². The second kappa shape index (κ2) is 6.04. The van der Waals surface area contributed by atoms with Gasteiger partial charge in [-0.2, -0.15) is 0 Å². The first-order chi connectivity index (χ1) is 8.99. The van der Waals surface area contributed by atoms with Gasteiger partial charge in [-0.3, -0.25) is 4.79 Å². The lowest BCUT2D eigenvalue weighted by Crippen LogP contribution is -2.07. The molecule has 1 nitrogen and oxygen atoms in total. The smallest absolute Gasteiger partial charge is 0.170 e. The van der Waals surface area contributed by atoms with Gasteiger partial charge in [-0.25, -0.2) is 4.39 Å². The molecule has 2 aromatic carbocycles. The van der Waals surface area contributed by atoms with Crippen LogP contribution in [0.5, 0.6) is 0 Å². The van der Waals surface area contributed by atoms with Crippen LogP contribution in [0.25, 0.3) is 0 Å². The van der Waals surface area contributed by atoms with E-state index >= 15 is 0 Å². The Balaban J connectivity index is 2.31. The highest BCUT2D eigenvalue weighted by Crippen LogP contribution is 2.26. The molecule has 0 radical (unpaired) electrons. The number of halogens is 4. The molecule has 0 spiro atoms. The van der Waals surface area contributed by atoms with Crippen molar-refractivity contribution in [2.24, 2.45) is 0 Å². The first-order valence-electron chi connectivity index (χ1n) is 5.40. The van der Waals surface area contributed by atoms with Crippen LogP contribution in [0.1, 0.15) is 15.9 Å². The normalized spacial score (nSPS) is 10.5. The lowest BCUT2D eigenvalue weighted by Gasteiger charge is -2.07. The molecule has 0 aromatic heterocycles. The molecule has 19 heavy (non-hydrogen) atoms. The average molecular weight is 362 g/mol. The maximum absolute atomic E-state index is 13.7. The standard InChI is InChI=1S/C14H8BrCl2FO/c15-8-4-5-9(13(18)6-8)14(19)7-10-11(16)2-1-3-12(10)17/h1-6H,7H2. The van der Waals surface area contributed by atoms with Crippen LogP contribution >= 0.6 is 39.1 Å². The number of Topliss-reactive ketones (excluding diaryl/α,β-unsaturated/α-hetero) is 1. The van der Waals surface area contributed by atoms with Gasteiger partial charge >= 0.3 is 0 Å². The Bertz CT molecular complexity index is 623. The number of carbonyl (C=O) groups is 1. The first-order valence-corrected chi connectivity index (χ1v) is 6.95. The highest BCUT2D eigenvalue weighted by Gasteiger charge is 2.16. The van der Waals surface area contributed by atoms with Crippen LogP contribution in [0.2, 0.25) is 10.0 Å². The molecule has 0 atom stereocenters. The highest BCUT2D eigenvalue weighted by atomic mass is 79.9. The molecule has 2 aromatic rings.